The number of carbonyl (C=O) groups excluding carboxylic acids is 1. The minimum Gasteiger partial charge on any atom is -0.494 e. The predicted molar refractivity (Wildman–Crippen MR) is 174 cm³/mol. The topological polar surface area (TPSA) is 62.6 Å². The first-order chi connectivity index (χ1) is 21.1. The van der Waals surface area contributed by atoms with Crippen molar-refractivity contribution in [1.82, 2.24) is 9.78 Å². The molecule has 1 fully saturated rings. The quantitative estimate of drug-likeness (QED) is 0.0727. The molecule has 0 aliphatic carbocycles. The molecule has 1 atom stereocenters. The van der Waals surface area contributed by atoms with E-state index >= 15 is 0 Å². The fourth-order valence-electron chi connectivity index (χ4n) is 5.62. The Kier molecular flexibility index (Phi) is 10.5. The van der Waals surface area contributed by atoms with E-state index in [9.17, 15) is 4.79 Å². The second-order valence-electron chi connectivity index (χ2n) is 10.8. The second kappa shape index (κ2) is 14.8. The average Bonchev–Trinajstić information content (AvgIpc) is 3.47. The highest BCUT2D eigenvalue weighted by Crippen LogP contribution is 2.37. The molecule has 1 aliphatic rings. The third-order valence-corrected chi connectivity index (χ3v) is 7.81. The van der Waals surface area contributed by atoms with Crippen LogP contribution in [-0.4, -0.2) is 35.6 Å². The van der Waals surface area contributed by atoms with Crippen molar-refractivity contribution in [1.29, 1.82) is 0 Å². The van der Waals surface area contributed by atoms with E-state index in [1.54, 1.807) is 13.0 Å². The molecule has 5 rings (SSSR count). The summed E-state index contributed by atoms with van der Waals surface area (Å²) in [6.07, 6.45) is 11.4. The molecule has 0 bridgehead atoms. The molecule has 6 nitrogen and oxygen atoms in total. The van der Waals surface area contributed by atoms with Gasteiger partial charge in [-0.2, -0.15) is 5.10 Å². The number of ether oxygens (including phenoxy) is 3. The Labute approximate surface area is 255 Å². The fraction of sp³-hybridized carbons (Fsp3) is 0.351. The molecule has 0 radical (unpaired) electrons. The van der Waals surface area contributed by atoms with Crippen molar-refractivity contribution in [2.24, 2.45) is 0 Å². The van der Waals surface area contributed by atoms with Gasteiger partial charge in [0, 0.05) is 18.1 Å². The Morgan fingerprint density at radius 2 is 1.84 bits per heavy atom. The summed E-state index contributed by atoms with van der Waals surface area (Å²) in [5.74, 6) is 0.550. The largest absolute Gasteiger partial charge is 0.494 e. The number of hydrogen-bond donors (Lipinski definition) is 0. The van der Waals surface area contributed by atoms with E-state index in [1.165, 1.54) is 11.6 Å². The number of carbonyl (C=O) groups is 1. The third-order valence-electron chi connectivity index (χ3n) is 7.81. The molecule has 3 aromatic carbocycles. The summed E-state index contributed by atoms with van der Waals surface area (Å²) >= 11 is 0. The van der Waals surface area contributed by atoms with Gasteiger partial charge in [-0.05, 0) is 103 Å². The maximum atomic E-state index is 11.8. The molecular weight excluding hydrogens is 536 g/mol. The van der Waals surface area contributed by atoms with Crippen molar-refractivity contribution in [3.8, 4) is 5.75 Å². The summed E-state index contributed by atoms with van der Waals surface area (Å²) < 4.78 is 19.2. The molecule has 1 unspecified atom stereocenters. The molecule has 0 spiro atoms. The monoisotopic (exact) mass is 578 g/mol. The van der Waals surface area contributed by atoms with Crippen molar-refractivity contribution in [2.75, 3.05) is 19.8 Å². The number of esters is 1. The Bertz CT molecular complexity index is 1580. The van der Waals surface area contributed by atoms with Crippen molar-refractivity contribution in [2.45, 2.75) is 65.5 Å². The Hall–Kier alpha value is -4.16. The van der Waals surface area contributed by atoms with Crippen LogP contribution < -0.4 is 4.74 Å². The van der Waals surface area contributed by atoms with Crippen molar-refractivity contribution >= 4 is 34.1 Å². The third kappa shape index (κ3) is 7.44. The fourth-order valence-corrected chi connectivity index (χ4v) is 5.62. The van der Waals surface area contributed by atoms with Crippen LogP contribution in [0.15, 0.2) is 79.0 Å². The number of nitrogens with zero attached hydrogens (tertiary/aromatic N) is 2. The highest BCUT2D eigenvalue weighted by molar-refractivity contribution is 6.00. The number of rotatable bonds is 12. The van der Waals surface area contributed by atoms with Gasteiger partial charge in [0.1, 0.15) is 5.75 Å². The van der Waals surface area contributed by atoms with E-state index in [0.717, 1.165) is 89.6 Å². The van der Waals surface area contributed by atoms with Crippen LogP contribution in [0.4, 0.5) is 0 Å². The first-order valence-corrected chi connectivity index (χ1v) is 15.6. The van der Waals surface area contributed by atoms with Gasteiger partial charge in [0.05, 0.1) is 24.9 Å². The van der Waals surface area contributed by atoms with E-state index in [0.29, 0.717) is 13.2 Å². The molecule has 2 heterocycles. The Morgan fingerprint density at radius 3 is 2.58 bits per heavy atom. The van der Waals surface area contributed by atoms with Crippen LogP contribution in [0.25, 0.3) is 28.1 Å². The van der Waals surface area contributed by atoms with Gasteiger partial charge in [-0.15, -0.1) is 0 Å². The van der Waals surface area contributed by atoms with Crippen LogP contribution in [0, 0.1) is 0 Å². The maximum Gasteiger partial charge on any atom is 0.330 e. The SMILES string of the molecule is CCCCOc1cccc(/C(CC)=C(\c2ccc(/C=C/C(=O)OCC)cc2)c2ccc3c(cnn3C3CCCCO3)c2)c1. The molecule has 43 heavy (non-hydrogen) atoms. The molecule has 0 amide bonds. The molecular formula is C37H42N2O4. The van der Waals surface area contributed by atoms with Crippen LogP contribution in [0.3, 0.4) is 0 Å². The normalized spacial score (nSPS) is 15.9. The molecule has 0 N–H and O–H groups in total. The summed E-state index contributed by atoms with van der Waals surface area (Å²) in [6.45, 7) is 8.03. The van der Waals surface area contributed by atoms with Crippen LogP contribution in [0.5, 0.6) is 5.75 Å². The number of allylic oxidation sites excluding steroid dienone is 1. The zero-order valence-electron chi connectivity index (χ0n) is 25.6. The standard InChI is InChI=1S/C37H42N2O4/c1-4-7-22-42-32-12-10-11-29(25-32)33(5-2)37(28-17-14-27(15-18-28)16-21-36(40)41-6-3)30-19-20-34-31(24-30)26-38-39(34)35-13-8-9-23-43-35/h10-12,14-21,24-26,35H,4-9,13,22-23H2,1-3H3/b21-16+,37-33+. The summed E-state index contributed by atoms with van der Waals surface area (Å²) in [5, 5.41) is 5.82. The van der Waals surface area contributed by atoms with Crippen LogP contribution in [-0.2, 0) is 14.3 Å². The van der Waals surface area contributed by atoms with Gasteiger partial charge in [-0.3, -0.25) is 0 Å². The van der Waals surface area contributed by atoms with Gasteiger partial charge in [-0.25, -0.2) is 9.48 Å². The van der Waals surface area contributed by atoms with Gasteiger partial charge < -0.3 is 14.2 Å². The lowest BCUT2D eigenvalue weighted by Crippen LogP contribution is -2.18. The lowest BCUT2D eigenvalue weighted by atomic mass is 9.87. The number of fused-ring (bicyclic) bond motifs is 1. The molecule has 1 saturated heterocycles. The van der Waals surface area contributed by atoms with Gasteiger partial charge in [0.25, 0.3) is 0 Å². The van der Waals surface area contributed by atoms with E-state index in [4.69, 9.17) is 19.3 Å². The number of aromatic nitrogens is 2. The second-order valence-corrected chi connectivity index (χ2v) is 10.8. The van der Waals surface area contributed by atoms with Gasteiger partial charge in [0.15, 0.2) is 6.23 Å². The first-order valence-electron chi connectivity index (χ1n) is 15.6. The predicted octanol–water partition coefficient (Wildman–Crippen LogP) is 8.86. The van der Waals surface area contributed by atoms with E-state index in [-0.39, 0.29) is 12.2 Å². The van der Waals surface area contributed by atoms with E-state index in [1.807, 2.05) is 29.1 Å². The Morgan fingerprint density at radius 1 is 1.00 bits per heavy atom. The van der Waals surface area contributed by atoms with Crippen LogP contribution in [0.2, 0.25) is 0 Å². The minimum atomic E-state index is -0.339. The highest BCUT2D eigenvalue weighted by Gasteiger charge is 2.20. The summed E-state index contributed by atoms with van der Waals surface area (Å²) in [6, 6.07) is 23.4. The molecule has 4 aromatic rings. The number of unbranched alkanes of at least 4 members (excludes halogenated alkanes) is 1. The Balaban J connectivity index is 1.58. The van der Waals surface area contributed by atoms with Crippen molar-refractivity contribution in [3.05, 3.63) is 101 Å². The maximum absolute atomic E-state index is 11.8. The van der Waals surface area contributed by atoms with Crippen molar-refractivity contribution < 1.29 is 19.0 Å². The highest BCUT2D eigenvalue weighted by atomic mass is 16.5. The molecule has 1 aromatic heterocycles. The van der Waals surface area contributed by atoms with Crippen LogP contribution >= 0.6 is 0 Å². The molecule has 224 valence electrons. The van der Waals surface area contributed by atoms with Gasteiger partial charge in [0.2, 0.25) is 0 Å². The average molecular weight is 579 g/mol. The molecule has 0 saturated carbocycles. The summed E-state index contributed by atoms with van der Waals surface area (Å²) in [5.41, 5.74) is 7.79. The molecule has 1 aliphatic heterocycles. The zero-order chi connectivity index (χ0) is 30.0. The number of benzene rings is 3. The first kappa shape index (κ1) is 30.3. The minimum absolute atomic E-state index is 0.0102. The smallest absolute Gasteiger partial charge is 0.330 e. The van der Waals surface area contributed by atoms with Crippen molar-refractivity contribution in [3.63, 3.8) is 0 Å². The summed E-state index contributed by atoms with van der Waals surface area (Å²) in [7, 11) is 0. The zero-order valence-corrected chi connectivity index (χ0v) is 25.6. The van der Waals surface area contributed by atoms with Gasteiger partial charge >= 0.3 is 5.97 Å². The lowest BCUT2D eigenvalue weighted by molar-refractivity contribution is -0.137. The van der Waals surface area contributed by atoms with Crippen LogP contribution in [0.1, 0.15) is 87.8 Å². The number of hydrogen-bond acceptors (Lipinski definition) is 5. The van der Waals surface area contributed by atoms with Gasteiger partial charge in [-0.1, -0.05) is 62.7 Å². The van der Waals surface area contributed by atoms with E-state index in [2.05, 4.69) is 62.4 Å². The lowest BCUT2D eigenvalue weighted by Gasteiger charge is -2.23. The summed E-state index contributed by atoms with van der Waals surface area (Å²) in [4.78, 5) is 11.8. The molecule has 6 heteroatoms. The van der Waals surface area contributed by atoms with E-state index < -0.39 is 0 Å².